The van der Waals surface area contributed by atoms with E-state index in [2.05, 4.69) is 17.2 Å². The van der Waals surface area contributed by atoms with Crippen molar-refractivity contribution in [2.75, 3.05) is 6.54 Å². The summed E-state index contributed by atoms with van der Waals surface area (Å²) in [6, 6.07) is 12.2. The summed E-state index contributed by atoms with van der Waals surface area (Å²) in [4.78, 5) is 24.4. The SMILES string of the molecule is C=CCNC(=O)C(=Cc1ccc(C)o1)NC(=O)c1ccccc1. The summed E-state index contributed by atoms with van der Waals surface area (Å²) in [6.07, 6.45) is 3.05. The highest BCUT2D eigenvalue weighted by atomic mass is 16.3. The minimum atomic E-state index is -0.414. The number of benzene rings is 1. The maximum Gasteiger partial charge on any atom is 0.268 e. The Morgan fingerprint density at radius 3 is 2.52 bits per heavy atom. The summed E-state index contributed by atoms with van der Waals surface area (Å²) in [5.41, 5.74) is 0.570. The number of rotatable bonds is 6. The van der Waals surface area contributed by atoms with Gasteiger partial charge in [0.15, 0.2) is 0 Å². The van der Waals surface area contributed by atoms with Crippen molar-refractivity contribution in [1.82, 2.24) is 10.6 Å². The fourth-order valence-electron chi connectivity index (χ4n) is 1.88. The molecule has 0 aliphatic rings. The molecule has 1 aromatic heterocycles. The first-order valence-electron chi connectivity index (χ1n) is 7.14. The first-order chi connectivity index (χ1) is 11.1. The number of nitrogens with one attached hydrogen (secondary N) is 2. The summed E-state index contributed by atoms with van der Waals surface area (Å²) in [5, 5.41) is 5.25. The topological polar surface area (TPSA) is 71.3 Å². The predicted molar refractivity (Wildman–Crippen MR) is 88.5 cm³/mol. The molecule has 0 radical (unpaired) electrons. The molecular formula is C18H18N2O3. The highest BCUT2D eigenvalue weighted by Crippen LogP contribution is 2.11. The molecule has 118 valence electrons. The lowest BCUT2D eigenvalue weighted by atomic mass is 10.2. The van der Waals surface area contributed by atoms with Crippen molar-refractivity contribution in [3.05, 3.63) is 77.9 Å². The van der Waals surface area contributed by atoms with Crippen LogP contribution in [0.3, 0.4) is 0 Å². The van der Waals surface area contributed by atoms with Crippen molar-refractivity contribution in [3.63, 3.8) is 0 Å². The standard InChI is InChI=1S/C18H18N2O3/c1-3-11-19-18(22)16(12-15-10-9-13(2)23-15)20-17(21)14-7-5-4-6-8-14/h3-10,12H,1,11H2,2H3,(H,19,22)(H,20,21). The van der Waals surface area contributed by atoms with Gasteiger partial charge >= 0.3 is 0 Å². The average molecular weight is 310 g/mol. The van der Waals surface area contributed by atoms with Crippen LogP contribution in [0.25, 0.3) is 6.08 Å². The molecule has 5 nitrogen and oxygen atoms in total. The maximum absolute atomic E-state index is 12.2. The van der Waals surface area contributed by atoms with E-state index in [0.29, 0.717) is 17.9 Å². The minimum Gasteiger partial charge on any atom is -0.462 e. The summed E-state index contributed by atoms with van der Waals surface area (Å²) >= 11 is 0. The van der Waals surface area contributed by atoms with E-state index < -0.39 is 5.91 Å². The summed E-state index contributed by atoms with van der Waals surface area (Å²) in [7, 11) is 0. The van der Waals surface area contributed by atoms with E-state index in [0.717, 1.165) is 5.76 Å². The summed E-state index contributed by atoms with van der Waals surface area (Å²) in [5.74, 6) is 0.424. The largest absolute Gasteiger partial charge is 0.462 e. The second kappa shape index (κ2) is 7.79. The molecule has 0 aliphatic heterocycles. The molecule has 0 unspecified atom stereocenters. The number of carbonyl (C=O) groups is 2. The third-order valence-electron chi connectivity index (χ3n) is 2.98. The molecular weight excluding hydrogens is 292 g/mol. The Morgan fingerprint density at radius 1 is 1.17 bits per heavy atom. The summed E-state index contributed by atoms with van der Waals surface area (Å²) in [6.45, 7) is 5.65. The van der Waals surface area contributed by atoms with E-state index in [1.807, 2.05) is 6.07 Å². The van der Waals surface area contributed by atoms with Crippen LogP contribution in [0, 0.1) is 6.92 Å². The predicted octanol–water partition coefficient (Wildman–Crippen LogP) is 2.66. The van der Waals surface area contributed by atoms with Gasteiger partial charge in [0.25, 0.3) is 11.8 Å². The van der Waals surface area contributed by atoms with Crippen molar-refractivity contribution < 1.29 is 14.0 Å². The fraction of sp³-hybridized carbons (Fsp3) is 0.111. The fourth-order valence-corrected chi connectivity index (χ4v) is 1.88. The van der Waals surface area contributed by atoms with Gasteiger partial charge in [0.05, 0.1) is 0 Å². The second-order valence-corrected chi connectivity index (χ2v) is 4.83. The number of aryl methyl sites for hydroxylation is 1. The smallest absolute Gasteiger partial charge is 0.268 e. The van der Waals surface area contributed by atoms with Gasteiger partial charge in [-0.25, -0.2) is 0 Å². The monoisotopic (exact) mass is 310 g/mol. The van der Waals surface area contributed by atoms with Gasteiger partial charge < -0.3 is 15.1 Å². The van der Waals surface area contributed by atoms with Gasteiger partial charge in [0.2, 0.25) is 0 Å². The van der Waals surface area contributed by atoms with E-state index >= 15 is 0 Å². The lowest BCUT2D eigenvalue weighted by Gasteiger charge is -2.09. The number of furan rings is 1. The number of hydrogen-bond acceptors (Lipinski definition) is 3. The Hall–Kier alpha value is -3.08. The van der Waals surface area contributed by atoms with E-state index in [1.165, 1.54) is 6.08 Å². The molecule has 2 N–H and O–H groups in total. The Kier molecular flexibility index (Phi) is 5.52. The molecule has 0 bridgehead atoms. The lowest BCUT2D eigenvalue weighted by Crippen LogP contribution is -2.34. The molecule has 1 aromatic carbocycles. The molecule has 1 heterocycles. The molecule has 0 saturated carbocycles. The third-order valence-corrected chi connectivity index (χ3v) is 2.98. The van der Waals surface area contributed by atoms with E-state index in [4.69, 9.17) is 4.42 Å². The number of hydrogen-bond donors (Lipinski definition) is 2. The van der Waals surface area contributed by atoms with Crippen LogP contribution in [0.1, 0.15) is 21.9 Å². The molecule has 0 atom stereocenters. The van der Waals surface area contributed by atoms with Crippen molar-refractivity contribution in [3.8, 4) is 0 Å². The first kappa shape index (κ1) is 16.3. The van der Waals surface area contributed by atoms with Gasteiger partial charge in [-0.3, -0.25) is 9.59 Å². The third kappa shape index (κ3) is 4.71. The van der Waals surface area contributed by atoms with E-state index in [1.54, 1.807) is 49.4 Å². The minimum absolute atomic E-state index is 0.107. The molecule has 2 rings (SSSR count). The first-order valence-corrected chi connectivity index (χ1v) is 7.14. The highest BCUT2D eigenvalue weighted by molar-refractivity contribution is 6.05. The average Bonchev–Trinajstić information content (AvgIpc) is 2.97. The van der Waals surface area contributed by atoms with Crippen molar-refractivity contribution in [1.29, 1.82) is 0 Å². The van der Waals surface area contributed by atoms with Crippen LogP contribution in [0.5, 0.6) is 0 Å². The van der Waals surface area contributed by atoms with Crippen molar-refractivity contribution in [2.45, 2.75) is 6.92 Å². The van der Waals surface area contributed by atoms with Gasteiger partial charge in [-0.1, -0.05) is 24.3 Å². The molecule has 0 aliphatic carbocycles. The van der Waals surface area contributed by atoms with Gasteiger partial charge in [0, 0.05) is 18.2 Å². The molecule has 2 aromatic rings. The van der Waals surface area contributed by atoms with Crippen molar-refractivity contribution in [2.24, 2.45) is 0 Å². The van der Waals surface area contributed by atoms with E-state index in [9.17, 15) is 9.59 Å². The molecule has 0 spiro atoms. The summed E-state index contributed by atoms with van der Waals surface area (Å²) < 4.78 is 5.43. The zero-order chi connectivity index (χ0) is 16.7. The molecule has 0 saturated heterocycles. The molecule has 2 amide bonds. The Morgan fingerprint density at radius 2 is 1.91 bits per heavy atom. The van der Waals surface area contributed by atoms with Crippen LogP contribution < -0.4 is 10.6 Å². The lowest BCUT2D eigenvalue weighted by molar-refractivity contribution is -0.117. The van der Waals surface area contributed by atoms with Crippen LogP contribution in [0.4, 0.5) is 0 Å². The van der Waals surface area contributed by atoms with Crippen molar-refractivity contribution >= 4 is 17.9 Å². The van der Waals surface area contributed by atoms with E-state index in [-0.39, 0.29) is 11.6 Å². The van der Waals surface area contributed by atoms with Gasteiger partial charge in [0.1, 0.15) is 17.2 Å². The van der Waals surface area contributed by atoms with Crippen LogP contribution in [-0.2, 0) is 4.79 Å². The van der Waals surface area contributed by atoms with Crippen LogP contribution in [0.2, 0.25) is 0 Å². The second-order valence-electron chi connectivity index (χ2n) is 4.83. The van der Waals surface area contributed by atoms with Gasteiger partial charge in [-0.05, 0) is 31.2 Å². The van der Waals surface area contributed by atoms with Crippen LogP contribution in [-0.4, -0.2) is 18.4 Å². The zero-order valence-corrected chi connectivity index (χ0v) is 12.8. The Bertz CT molecular complexity index is 730. The number of amides is 2. The highest BCUT2D eigenvalue weighted by Gasteiger charge is 2.14. The normalized spacial score (nSPS) is 10.9. The van der Waals surface area contributed by atoms with Crippen LogP contribution in [0.15, 0.2) is 65.2 Å². The van der Waals surface area contributed by atoms with Crippen LogP contribution >= 0.6 is 0 Å². The van der Waals surface area contributed by atoms with Gasteiger partial charge in [-0.2, -0.15) is 0 Å². The Labute approximate surface area is 134 Å². The zero-order valence-electron chi connectivity index (χ0n) is 12.8. The van der Waals surface area contributed by atoms with Gasteiger partial charge in [-0.15, -0.1) is 6.58 Å². The quantitative estimate of drug-likeness (QED) is 0.636. The Balaban J connectivity index is 2.22. The molecule has 23 heavy (non-hydrogen) atoms. The molecule has 0 fully saturated rings. The number of carbonyl (C=O) groups excluding carboxylic acids is 2. The molecule has 5 heteroatoms. The maximum atomic E-state index is 12.2.